The number of nitrogens with zero attached hydrogens (tertiary/aromatic N) is 4. The smallest absolute Gasteiger partial charge is 0.233 e. The van der Waals surface area contributed by atoms with Gasteiger partial charge in [0.2, 0.25) is 5.91 Å². The molecule has 2 fully saturated rings. The van der Waals surface area contributed by atoms with E-state index in [9.17, 15) is 4.79 Å². The summed E-state index contributed by atoms with van der Waals surface area (Å²) in [5, 5.41) is 12.1. The molecule has 2 aliphatic carbocycles. The predicted octanol–water partition coefficient (Wildman–Crippen LogP) is 5.76. The van der Waals surface area contributed by atoms with Gasteiger partial charge in [0.15, 0.2) is 11.0 Å². The Balaban J connectivity index is 1.31. The van der Waals surface area contributed by atoms with E-state index >= 15 is 0 Å². The Kier molecular flexibility index (Phi) is 6.97. The van der Waals surface area contributed by atoms with E-state index in [1.807, 2.05) is 31.3 Å². The average Bonchev–Trinajstić information content (AvgIpc) is 3.65. The summed E-state index contributed by atoms with van der Waals surface area (Å²) in [5.74, 6) is 4.52. The first-order valence-electron chi connectivity index (χ1n) is 12.0. The summed E-state index contributed by atoms with van der Waals surface area (Å²) in [5.41, 5.74) is 1.05. The van der Waals surface area contributed by atoms with E-state index in [4.69, 9.17) is 4.74 Å². The van der Waals surface area contributed by atoms with Gasteiger partial charge in [0.05, 0.1) is 17.7 Å². The van der Waals surface area contributed by atoms with E-state index < -0.39 is 0 Å². The lowest BCUT2D eigenvalue weighted by Crippen LogP contribution is -2.28. The van der Waals surface area contributed by atoms with Crippen LogP contribution in [0.2, 0.25) is 0 Å². The molecule has 0 radical (unpaired) electrons. The maximum absolute atomic E-state index is 13.0. The number of carbonyl (C=O) groups excluding carboxylic acids is 1. The number of rotatable bonds is 9. The summed E-state index contributed by atoms with van der Waals surface area (Å²) >= 11 is 3.20. The van der Waals surface area contributed by atoms with Gasteiger partial charge in [-0.3, -0.25) is 9.36 Å². The lowest BCUT2D eigenvalue weighted by Gasteiger charge is -2.30. The molecule has 0 saturated heterocycles. The molecule has 5 rings (SSSR count). The van der Waals surface area contributed by atoms with Crippen molar-refractivity contribution in [3.63, 3.8) is 0 Å². The number of ether oxygens (including phenoxy) is 1. The van der Waals surface area contributed by atoms with Gasteiger partial charge in [-0.25, -0.2) is 0 Å². The maximum atomic E-state index is 13.0. The van der Waals surface area contributed by atoms with Crippen LogP contribution in [0.1, 0.15) is 44.2 Å². The molecule has 2 heterocycles. The van der Waals surface area contributed by atoms with Gasteiger partial charge in [-0.15, -0.1) is 21.5 Å². The molecule has 2 bridgehead atoms. The fourth-order valence-electron chi connectivity index (χ4n) is 5.76. The van der Waals surface area contributed by atoms with Gasteiger partial charge in [-0.1, -0.05) is 36.4 Å². The molecular formula is C26H32N4O2S2. The Hall–Kier alpha value is -2.32. The Labute approximate surface area is 209 Å². The summed E-state index contributed by atoms with van der Waals surface area (Å²) in [6.07, 6.45) is 5.43. The SMILES string of the molecule is COc1cccc(CN(C)C(=O)CSc2nnc(-c3cccs3)n2C(C)C2CC3CCC2C3)c1. The zero-order valence-corrected chi connectivity index (χ0v) is 21.6. The second-order valence-corrected chi connectivity index (χ2v) is 11.5. The number of aromatic nitrogens is 3. The standard InChI is InChI=1S/C26H32N4O2S2/c1-17(22-14-18-9-10-20(22)12-18)30-25(23-8-5-11-33-23)27-28-26(30)34-16-24(31)29(2)15-19-6-4-7-21(13-19)32-3/h4-8,11,13,17-18,20,22H,9-10,12,14-16H2,1-3H3. The lowest BCUT2D eigenvalue weighted by molar-refractivity contribution is -0.127. The highest BCUT2D eigenvalue weighted by Crippen LogP contribution is 2.53. The molecule has 0 aliphatic heterocycles. The van der Waals surface area contributed by atoms with Crippen LogP contribution in [-0.4, -0.2) is 45.5 Å². The number of carbonyl (C=O) groups is 1. The van der Waals surface area contributed by atoms with Crippen LogP contribution in [0.4, 0.5) is 0 Å². The summed E-state index contributed by atoms with van der Waals surface area (Å²) < 4.78 is 7.62. The molecule has 0 N–H and O–H groups in total. The summed E-state index contributed by atoms with van der Waals surface area (Å²) in [4.78, 5) is 15.9. The molecule has 0 spiro atoms. The van der Waals surface area contributed by atoms with Crippen LogP contribution in [0.3, 0.4) is 0 Å². The first-order chi connectivity index (χ1) is 16.5. The molecule has 2 saturated carbocycles. The first-order valence-corrected chi connectivity index (χ1v) is 13.9. The van der Waals surface area contributed by atoms with Crippen molar-refractivity contribution in [2.45, 2.75) is 50.4 Å². The van der Waals surface area contributed by atoms with Crippen LogP contribution in [-0.2, 0) is 11.3 Å². The van der Waals surface area contributed by atoms with Gasteiger partial charge in [0, 0.05) is 19.6 Å². The van der Waals surface area contributed by atoms with Crippen molar-refractivity contribution in [2.24, 2.45) is 17.8 Å². The van der Waals surface area contributed by atoms with Gasteiger partial charge in [-0.05, 0) is 73.1 Å². The predicted molar refractivity (Wildman–Crippen MR) is 137 cm³/mol. The summed E-state index contributed by atoms with van der Waals surface area (Å²) in [6.45, 7) is 2.87. The molecule has 2 aliphatic rings. The maximum Gasteiger partial charge on any atom is 0.233 e. The lowest BCUT2D eigenvalue weighted by atomic mass is 9.84. The van der Waals surface area contributed by atoms with Crippen LogP contribution in [0.5, 0.6) is 5.75 Å². The fraction of sp³-hybridized carbons (Fsp3) is 0.500. The number of thiophene rings is 1. The molecule has 2 aromatic heterocycles. The Morgan fingerprint density at radius 3 is 2.85 bits per heavy atom. The zero-order valence-electron chi connectivity index (χ0n) is 20.0. The molecule has 180 valence electrons. The van der Waals surface area contributed by atoms with Gasteiger partial charge < -0.3 is 9.64 Å². The van der Waals surface area contributed by atoms with E-state index in [0.717, 1.165) is 39.0 Å². The molecule has 8 heteroatoms. The van der Waals surface area contributed by atoms with Crippen molar-refractivity contribution in [3.8, 4) is 16.5 Å². The van der Waals surface area contributed by atoms with Crippen LogP contribution >= 0.6 is 23.1 Å². The molecule has 1 aromatic carbocycles. The van der Waals surface area contributed by atoms with Crippen LogP contribution in [0, 0.1) is 17.8 Å². The highest BCUT2D eigenvalue weighted by molar-refractivity contribution is 7.99. The second kappa shape index (κ2) is 10.1. The molecule has 4 atom stereocenters. The number of benzene rings is 1. The highest BCUT2D eigenvalue weighted by atomic mass is 32.2. The fourth-order valence-corrected chi connectivity index (χ4v) is 7.43. The van der Waals surface area contributed by atoms with E-state index in [0.29, 0.717) is 24.3 Å². The normalized spacial score (nSPS) is 22.1. The number of methoxy groups -OCH3 is 1. The van der Waals surface area contributed by atoms with Crippen LogP contribution in [0.15, 0.2) is 46.9 Å². The van der Waals surface area contributed by atoms with E-state index in [1.165, 1.54) is 37.4 Å². The minimum absolute atomic E-state index is 0.0765. The Morgan fingerprint density at radius 2 is 2.15 bits per heavy atom. The van der Waals surface area contributed by atoms with Crippen molar-refractivity contribution >= 4 is 29.0 Å². The van der Waals surface area contributed by atoms with E-state index in [1.54, 1.807) is 23.3 Å². The Bertz CT molecular complexity index is 1130. The second-order valence-electron chi connectivity index (χ2n) is 9.62. The average molecular weight is 497 g/mol. The number of thioether (sulfide) groups is 1. The van der Waals surface area contributed by atoms with Gasteiger partial charge >= 0.3 is 0 Å². The zero-order chi connectivity index (χ0) is 23.7. The van der Waals surface area contributed by atoms with Gasteiger partial charge in [0.25, 0.3) is 0 Å². The van der Waals surface area contributed by atoms with Crippen molar-refractivity contribution in [1.82, 2.24) is 19.7 Å². The minimum atomic E-state index is 0.0765. The van der Waals surface area contributed by atoms with Crippen molar-refractivity contribution in [3.05, 3.63) is 47.3 Å². The van der Waals surface area contributed by atoms with Gasteiger partial charge in [0.1, 0.15) is 5.75 Å². The number of hydrogen-bond acceptors (Lipinski definition) is 6. The van der Waals surface area contributed by atoms with Crippen molar-refractivity contribution < 1.29 is 9.53 Å². The third kappa shape index (κ3) is 4.75. The van der Waals surface area contributed by atoms with Crippen LogP contribution < -0.4 is 4.74 Å². The first kappa shape index (κ1) is 23.4. The molecular weight excluding hydrogens is 464 g/mol. The molecule has 3 aromatic rings. The third-order valence-corrected chi connectivity index (χ3v) is 9.32. The van der Waals surface area contributed by atoms with E-state index in [2.05, 4.69) is 39.2 Å². The number of fused-ring (bicyclic) bond motifs is 2. The van der Waals surface area contributed by atoms with Crippen molar-refractivity contribution in [2.75, 3.05) is 19.9 Å². The largest absolute Gasteiger partial charge is 0.497 e. The number of amides is 1. The molecule has 1 amide bonds. The quantitative estimate of drug-likeness (QED) is 0.352. The highest BCUT2D eigenvalue weighted by Gasteiger charge is 2.43. The summed E-state index contributed by atoms with van der Waals surface area (Å²) in [7, 11) is 3.50. The third-order valence-electron chi connectivity index (χ3n) is 7.53. The summed E-state index contributed by atoms with van der Waals surface area (Å²) in [6, 6.07) is 12.3. The molecule has 4 unspecified atom stereocenters. The number of hydrogen-bond donors (Lipinski definition) is 0. The molecule has 34 heavy (non-hydrogen) atoms. The molecule has 6 nitrogen and oxygen atoms in total. The van der Waals surface area contributed by atoms with Gasteiger partial charge in [-0.2, -0.15) is 0 Å². The minimum Gasteiger partial charge on any atom is -0.497 e. The topological polar surface area (TPSA) is 60.2 Å². The van der Waals surface area contributed by atoms with Crippen molar-refractivity contribution in [1.29, 1.82) is 0 Å². The van der Waals surface area contributed by atoms with E-state index in [-0.39, 0.29) is 5.91 Å². The monoisotopic (exact) mass is 496 g/mol. The Morgan fingerprint density at radius 1 is 1.26 bits per heavy atom. The van der Waals surface area contributed by atoms with Crippen LogP contribution in [0.25, 0.3) is 10.7 Å².